The van der Waals surface area contributed by atoms with E-state index in [1.807, 2.05) is 13.1 Å². The van der Waals surface area contributed by atoms with Gasteiger partial charge in [0, 0.05) is 18.7 Å². The first-order chi connectivity index (χ1) is 7.17. The van der Waals surface area contributed by atoms with Crippen LogP contribution in [0.4, 0.5) is 0 Å². The van der Waals surface area contributed by atoms with Crippen LogP contribution in [0.15, 0.2) is 10.6 Å². The first-order valence-corrected chi connectivity index (χ1v) is 5.50. The number of nitrogens with zero attached hydrogens (tertiary/aromatic N) is 2. The zero-order chi connectivity index (χ0) is 11.3. The molecule has 4 heteroatoms. The molecule has 0 aliphatic carbocycles. The van der Waals surface area contributed by atoms with Gasteiger partial charge in [0.1, 0.15) is 0 Å². The summed E-state index contributed by atoms with van der Waals surface area (Å²) in [5.74, 6) is 0.941. The summed E-state index contributed by atoms with van der Waals surface area (Å²) in [4.78, 5) is 2.34. The summed E-state index contributed by atoms with van der Waals surface area (Å²) in [5, 5.41) is 7.04. The molecule has 0 fully saturated rings. The van der Waals surface area contributed by atoms with Crippen LogP contribution in [0.3, 0.4) is 0 Å². The molecule has 1 heterocycles. The van der Waals surface area contributed by atoms with E-state index in [2.05, 4.69) is 36.1 Å². The largest absolute Gasteiger partial charge is 0.360 e. The Morgan fingerprint density at radius 2 is 2.27 bits per heavy atom. The molecule has 15 heavy (non-hydrogen) atoms. The third kappa shape index (κ3) is 3.64. The monoisotopic (exact) mass is 211 g/mol. The van der Waals surface area contributed by atoms with Crippen molar-refractivity contribution in [3.05, 3.63) is 17.5 Å². The van der Waals surface area contributed by atoms with Crippen LogP contribution in [-0.2, 0) is 13.1 Å². The molecular formula is C11H21N3O. The Morgan fingerprint density at radius 1 is 1.53 bits per heavy atom. The van der Waals surface area contributed by atoms with Crippen LogP contribution >= 0.6 is 0 Å². The van der Waals surface area contributed by atoms with E-state index in [-0.39, 0.29) is 0 Å². The predicted molar refractivity (Wildman–Crippen MR) is 60.5 cm³/mol. The maximum Gasteiger partial charge on any atom is 0.151 e. The number of hydrogen-bond acceptors (Lipinski definition) is 4. The second-order valence-electron chi connectivity index (χ2n) is 3.97. The van der Waals surface area contributed by atoms with Crippen molar-refractivity contribution in [2.24, 2.45) is 0 Å². The Hall–Kier alpha value is -0.870. The van der Waals surface area contributed by atoms with Crippen LogP contribution in [0.1, 0.15) is 32.2 Å². The van der Waals surface area contributed by atoms with E-state index >= 15 is 0 Å². The lowest BCUT2D eigenvalue weighted by atomic mass is 10.3. The van der Waals surface area contributed by atoms with Crippen molar-refractivity contribution < 1.29 is 4.52 Å². The van der Waals surface area contributed by atoms with Crippen molar-refractivity contribution in [1.82, 2.24) is 15.4 Å². The van der Waals surface area contributed by atoms with Crippen molar-refractivity contribution in [3.8, 4) is 0 Å². The SMILES string of the molecule is CCN(Cc1cc(CNC)no1)C(C)C. The van der Waals surface area contributed by atoms with Gasteiger partial charge in [-0.3, -0.25) is 4.90 Å². The van der Waals surface area contributed by atoms with Crippen molar-refractivity contribution in [2.75, 3.05) is 13.6 Å². The van der Waals surface area contributed by atoms with E-state index in [0.29, 0.717) is 6.04 Å². The van der Waals surface area contributed by atoms with E-state index in [0.717, 1.165) is 31.1 Å². The Kier molecular flexibility index (Phi) is 4.78. The standard InChI is InChI=1S/C11H21N3O/c1-5-14(9(2)3)8-11-6-10(7-12-4)13-15-11/h6,9,12H,5,7-8H2,1-4H3. The van der Waals surface area contributed by atoms with E-state index in [1.54, 1.807) is 0 Å². The van der Waals surface area contributed by atoms with Crippen LogP contribution in [0.2, 0.25) is 0 Å². The highest BCUT2D eigenvalue weighted by Crippen LogP contribution is 2.09. The van der Waals surface area contributed by atoms with Gasteiger partial charge in [-0.25, -0.2) is 0 Å². The smallest absolute Gasteiger partial charge is 0.151 e. The molecule has 1 N–H and O–H groups in total. The van der Waals surface area contributed by atoms with Crippen molar-refractivity contribution in [3.63, 3.8) is 0 Å². The molecule has 86 valence electrons. The second kappa shape index (κ2) is 5.88. The topological polar surface area (TPSA) is 41.3 Å². The molecule has 0 saturated carbocycles. The van der Waals surface area contributed by atoms with Crippen LogP contribution in [0.25, 0.3) is 0 Å². The van der Waals surface area contributed by atoms with Gasteiger partial charge in [0.25, 0.3) is 0 Å². The lowest BCUT2D eigenvalue weighted by Crippen LogP contribution is -2.29. The van der Waals surface area contributed by atoms with E-state index in [4.69, 9.17) is 4.52 Å². The maximum absolute atomic E-state index is 5.27. The molecule has 0 radical (unpaired) electrons. The highest BCUT2D eigenvalue weighted by Gasteiger charge is 2.11. The van der Waals surface area contributed by atoms with Gasteiger partial charge < -0.3 is 9.84 Å². The second-order valence-corrected chi connectivity index (χ2v) is 3.97. The van der Waals surface area contributed by atoms with Crippen LogP contribution in [-0.4, -0.2) is 29.7 Å². The van der Waals surface area contributed by atoms with Gasteiger partial charge in [0.05, 0.1) is 12.2 Å². The zero-order valence-electron chi connectivity index (χ0n) is 10.1. The summed E-state index contributed by atoms with van der Waals surface area (Å²) in [6.07, 6.45) is 0. The normalized spacial score (nSPS) is 11.6. The van der Waals surface area contributed by atoms with Gasteiger partial charge >= 0.3 is 0 Å². The highest BCUT2D eigenvalue weighted by molar-refractivity contribution is 5.05. The lowest BCUT2D eigenvalue weighted by molar-refractivity contribution is 0.198. The van der Waals surface area contributed by atoms with Crippen LogP contribution in [0.5, 0.6) is 0 Å². The van der Waals surface area contributed by atoms with Gasteiger partial charge in [-0.05, 0) is 27.4 Å². The van der Waals surface area contributed by atoms with E-state index < -0.39 is 0 Å². The molecule has 0 aliphatic heterocycles. The summed E-state index contributed by atoms with van der Waals surface area (Å²) < 4.78 is 5.27. The Bertz CT molecular complexity index is 283. The average Bonchev–Trinajstić information content (AvgIpc) is 2.62. The fourth-order valence-corrected chi connectivity index (χ4v) is 1.55. The van der Waals surface area contributed by atoms with Gasteiger partial charge in [0.15, 0.2) is 5.76 Å². The van der Waals surface area contributed by atoms with Gasteiger partial charge in [-0.2, -0.15) is 0 Å². The fraction of sp³-hybridized carbons (Fsp3) is 0.727. The summed E-state index contributed by atoms with van der Waals surface area (Å²) in [5.41, 5.74) is 0.965. The summed E-state index contributed by atoms with van der Waals surface area (Å²) in [6, 6.07) is 2.55. The first-order valence-electron chi connectivity index (χ1n) is 5.50. The van der Waals surface area contributed by atoms with Crippen molar-refractivity contribution >= 4 is 0 Å². The number of rotatable bonds is 6. The van der Waals surface area contributed by atoms with Crippen LogP contribution in [0, 0.1) is 0 Å². The zero-order valence-corrected chi connectivity index (χ0v) is 10.1. The molecule has 0 aliphatic rings. The molecule has 0 unspecified atom stereocenters. The summed E-state index contributed by atoms with van der Waals surface area (Å²) >= 11 is 0. The minimum atomic E-state index is 0.535. The van der Waals surface area contributed by atoms with Gasteiger partial charge in [-0.1, -0.05) is 12.1 Å². The van der Waals surface area contributed by atoms with E-state index in [1.165, 1.54) is 0 Å². The van der Waals surface area contributed by atoms with E-state index in [9.17, 15) is 0 Å². The number of hydrogen-bond donors (Lipinski definition) is 1. The van der Waals surface area contributed by atoms with Gasteiger partial charge in [0.2, 0.25) is 0 Å². The Labute approximate surface area is 91.6 Å². The molecule has 0 bridgehead atoms. The minimum absolute atomic E-state index is 0.535. The Balaban J connectivity index is 2.55. The molecule has 1 aromatic heterocycles. The van der Waals surface area contributed by atoms with Crippen molar-refractivity contribution in [2.45, 2.75) is 39.9 Å². The molecule has 0 aromatic carbocycles. The number of nitrogens with one attached hydrogen (secondary N) is 1. The molecule has 0 saturated heterocycles. The molecule has 4 nitrogen and oxygen atoms in total. The third-order valence-corrected chi connectivity index (χ3v) is 2.46. The predicted octanol–water partition coefficient (Wildman–Crippen LogP) is 1.62. The van der Waals surface area contributed by atoms with Crippen molar-refractivity contribution in [1.29, 1.82) is 0 Å². The van der Waals surface area contributed by atoms with Crippen LogP contribution < -0.4 is 5.32 Å². The Morgan fingerprint density at radius 3 is 2.80 bits per heavy atom. The molecule has 0 atom stereocenters. The summed E-state index contributed by atoms with van der Waals surface area (Å²) in [7, 11) is 1.90. The fourth-order valence-electron chi connectivity index (χ4n) is 1.55. The maximum atomic E-state index is 5.27. The quantitative estimate of drug-likeness (QED) is 0.776. The lowest BCUT2D eigenvalue weighted by Gasteiger charge is -2.22. The average molecular weight is 211 g/mol. The number of aromatic nitrogens is 1. The molecule has 0 spiro atoms. The molecule has 0 amide bonds. The van der Waals surface area contributed by atoms with Gasteiger partial charge in [-0.15, -0.1) is 0 Å². The summed E-state index contributed by atoms with van der Waals surface area (Å²) in [6.45, 7) is 9.16. The molecular weight excluding hydrogens is 190 g/mol. The highest BCUT2D eigenvalue weighted by atomic mass is 16.5. The third-order valence-electron chi connectivity index (χ3n) is 2.46. The minimum Gasteiger partial charge on any atom is -0.360 e. The molecule has 1 aromatic rings. The molecule has 1 rings (SSSR count). The first kappa shape index (κ1) is 12.2.